The van der Waals surface area contributed by atoms with Crippen molar-refractivity contribution in [2.24, 2.45) is 5.10 Å². The van der Waals surface area contributed by atoms with Gasteiger partial charge in [-0.1, -0.05) is 58.4 Å². The summed E-state index contributed by atoms with van der Waals surface area (Å²) in [6, 6.07) is 25.9. The highest BCUT2D eigenvalue weighted by atomic mass is 79.9. The van der Waals surface area contributed by atoms with E-state index in [0.717, 1.165) is 37.8 Å². The van der Waals surface area contributed by atoms with E-state index in [-0.39, 0.29) is 0 Å². The molecule has 2 N–H and O–H groups in total. The monoisotopic (exact) mass is 463 g/mol. The van der Waals surface area contributed by atoms with E-state index >= 15 is 0 Å². The fraction of sp³-hybridized carbons (Fsp3) is 0.0435. The summed E-state index contributed by atoms with van der Waals surface area (Å²) in [5, 5.41) is 8.97. The summed E-state index contributed by atoms with van der Waals surface area (Å²) in [5.74, 6) is 0. The molecule has 0 aliphatic heterocycles. The fourth-order valence-electron chi connectivity index (χ4n) is 2.97. The molecule has 0 aliphatic rings. The summed E-state index contributed by atoms with van der Waals surface area (Å²) in [5.41, 5.74) is 8.04. The Bertz CT molecular complexity index is 1250. The van der Waals surface area contributed by atoms with E-state index in [1.54, 1.807) is 0 Å². The summed E-state index contributed by atoms with van der Waals surface area (Å²) >= 11 is 8.87. The first kappa shape index (κ1) is 19.4. The average molecular weight is 464 g/mol. The number of nitrogens with one attached hydrogen (secondary N) is 2. The van der Waals surface area contributed by atoms with Gasteiger partial charge in [0.25, 0.3) is 0 Å². The molecule has 4 rings (SSSR count). The molecular formula is C23H18BrN3OS. The Balaban J connectivity index is 1.70. The van der Waals surface area contributed by atoms with Crippen LogP contribution in [-0.4, -0.2) is 5.11 Å². The van der Waals surface area contributed by atoms with Crippen LogP contribution in [-0.2, 0) is 0 Å². The molecule has 0 saturated carbocycles. The molecule has 0 aliphatic carbocycles. The molecule has 0 saturated heterocycles. The minimum Gasteiger partial charge on any atom is -0.436 e. The molecule has 4 nitrogen and oxygen atoms in total. The lowest BCUT2D eigenvalue weighted by Crippen LogP contribution is -2.26. The van der Waals surface area contributed by atoms with Gasteiger partial charge in [-0.15, -0.1) is 5.10 Å². The van der Waals surface area contributed by atoms with Crippen LogP contribution in [0.2, 0.25) is 0 Å². The number of halogens is 1. The third kappa shape index (κ3) is 4.72. The van der Waals surface area contributed by atoms with Crippen LogP contribution >= 0.6 is 28.1 Å². The summed E-state index contributed by atoms with van der Waals surface area (Å²) in [6.45, 7) is 2.03. The van der Waals surface area contributed by atoms with E-state index in [1.807, 2.05) is 79.7 Å². The molecule has 0 spiro atoms. The van der Waals surface area contributed by atoms with Crippen molar-refractivity contribution >= 4 is 49.9 Å². The second kappa shape index (κ2) is 8.59. The van der Waals surface area contributed by atoms with Gasteiger partial charge in [-0.3, -0.25) is 0 Å². The van der Waals surface area contributed by atoms with Crippen LogP contribution < -0.4 is 16.3 Å². The SMILES string of the molecule is Cc1cccc(NC(=S)N/N=c2/oc3ccccc3cc2-c2ccc(Br)cc2)c1. The first-order chi connectivity index (χ1) is 14.1. The zero-order valence-electron chi connectivity index (χ0n) is 15.6. The summed E-state index contributed by atoms with van der Waals surface area (Å²) < 4.78 is 7.08. The Hall–Kier alpha value is -2.96. The lowest BCUT2D eigenvalue weighted by atomic mass is 10.1. The standard InChI is InChI=1S/C23H18BrN3OS/c1-15-5-4-7-19(13-15)25-23(29)27-26-22-20(16-9-11-18(24)12-10-16)14-17-6-2-3-8-21(17)28-22/h2-14H,1H3,(H2,25,27,29)/b26-22+. The normalized spacial score (nSPS) is 11.4. The maximum absolute atomic E-state index is 6.07. The molecule has 0 bridgehead atoms. The van der Waals surface area contributed by atoms with Crippen LogP contribution in [0, 0.1) is 6.92 Å². The van der Waals surface area contributed by atoms with Gasteiger partial charge in [0.15, 0.2) is 5.11 Å². The second-order valence-electron chi connectivity index (χ2n) is 6.56. The molecule has 144 valence electrons. The van der Waals surface area contributed by atoms with Crippen molar-refractivity contribution in [2.75, 3.05) is 5.32 Å². The van der Waals surface area contributed by atoms with Crippen molar-refractivity contribution in [3.63, 3.8) is 0 Å². The summed E-state index contributed by atoms with van der Waals surface area (Å²) in [6.07, 6.45) is 0. The highest BCUT2D eigenvalue weighted by molar-refractivity contribution is 9.10. The summed E-state index contributed by atoms with van der Waals surface area (Å²) in [7, 11) is 0. The van der Waals surface area contributed by atoms with Crippen molar-refractivity contribution in [3.8, 4) is 11.1 Å². The topological polar surface area (TPSA) is 49.6 Å². The Kier molecular flexibility index (Phi) is 5.74. The Morgan fingerprint density at radius 3 is 2.55 bits per heavy atom. The van der Waals surface area contributed by atoms with Gasteiger partial charge >= 0.3 is 0 Å². The van der Waals surface area contributed by atoms with Crippen LogP contribution in [0.3, 0.4) is 0 Å². The van der Waals surface area contributed by atoms with Gasteiger partial charge in [0.2, 0.25) is 5.55 Å². The van der Waals surface area contributed by atoms with Crippen molar-refractivity contribution < 1.29 is 4.42 Å². The fourth-order valence-corrected chi connectivity index (χ4v) is 3.40. The number of anilines is 1. The minimum absolute atomic E-state index is 0.390. The van der Waals surface area contributed by atoms with Crippen LogP contribution in [0.4, 0.5) is 5.69 Å². The van der Waals surface area contributed by atoms with E-state index < -0.39 is 0 Å². The molecule has 0 atom stereocenters. The molecule has 0 amide bonds. The molecular weight excluding hydrogens is 446 g/mol. The van der Waals surface area contributed by atoms with Gasteiger partial charge in [-0.25, -0.2) is 5.43 Å². The van der Waals surface area contributed by atoms with Gasteiger partial charge in [-0.05, 0) is 66.7 Å². The lowest BCUT2D eigenvalue weighted by molar-refractivity contribution is 0.533. The number of hydrogen-bond donors (Lipinski definition) is 2. The zero-order chi connectivity index (χ0) is 20.2. The number of rotatable bonds is 3. The molecule has 4 aromatic rings. The van der Waals surface area contributed by atoms with Crippen LogP contribution in [0.25, 0.3) is 22.1 Å². The van der Waals surface area contributed by atoms with E-state index in [2.05, 4.69) is 37.8 Å². The zero-order valence-corrected chi connectivity index (χ0v) is 18.0. The Labute approximate surface area is 182 Å². The number of nitrogens with zero attached hydrogens (tertiary/aromatic N) is 1. The van der Waals surface area contributed by atoms with Gasteiger partial charge < -0.3 is 9.73 Å². The molecule has 1 heterocycles. The minimum atomic E-state index is 0.390. The van der Waals surface area contributed by atoms with Crippen molar-refractivity contribution in [3.05, 3.63) is 94.5 Å². The third-order valence-corrected chi connectivity index (χ3v) is 5.07. The van der Waals surface area contributed by atoms with Crippen molar-refractivity contribution in [2.45, 2.75) is 6.92 Å². The number of aryl methyl sites for hydroxylation is 1. The van der Waals surface area contributed by atoms with E-state index in [0.29, 0.717) is 10.7 Å². The third-order valence-electron chi connectivity index (χ3n) is 4.35. The molecule has 0 unspecified atom stereocenters. The maximum atomic E-state index is 6.07. The van der Waals surface area contributed by atoms with Crippen LogP contribution in [0.5, 0.6) is 0 Å². The second-order valence-corrected chi connectivity index (χ2v) is 7.88. The average Bonchev–Trinajstić information content (AvgIpc) is 2.72. The Morgan fingerprint density at radius 1 is 0.966 bits per heavy atom. The molecule has 29 heavy (non-hydrogen) atoms. The first-order valence-corrected chi connectivity index (χ1v) is 10.2. The lowest BCUT2D eigenvalue weighted by Gasteiger charge is -2.08. The molecule has 3 aromatic carbocycles. The summed E-state index contributed by atoms with van der Waals surface area (Å²) in [4.78, 5) is 0. The number of fused-ring (bicyclic) bond motifs is 1. The van der Waals surface area contributed by atoms with Gasteiger partial charge in [0.1, 0.15) is 5.58 Å². The van der Waals surface area contributed by atoms with Crippen LogP contribution in [0.15, 0.2) is 92.9 Å². The molecule has 1 aromatic heterocycles. The van der Waals surface area contributed by atoms with Crippen LogP contribution in [0.1, 0.15) is 5.56 Å². The smallest absolute Gasteiger partial charge is 0.244 e. The maximum Gasteiger partial charge on any atom is 0.244 e. The van der Waals surface area contributed by atoms with Gasteiger partial charge in [0.05, 0.1) is 0 Å². The Morgan fingerprint density at radius 2 is 1.76 bits per heavy atom. The van der Waals surface area contributed by atoms with Gasteiger partial charge in [0, 0.05) is 21.1 Å². The molecule has 6 heteroatoms. The number of thiocarbonyl (C=S) groups is 1. The number of para-hydroxylation sites is 1. The van der Waals surface area contributed by atoms with E-state index in [4.69, 9.17) is 16.6 Å². The highest BCUT2D eigenvalue weighted by Crippen LogP contribution is 2.22. The first-order valence-electron chi connectivity index (χ1n) is 9.05. The predicted octanol–water partition coefficient (Wildman–Crippen LogP) is 5.97. The highest BCUT2D eigenvalue weighted by Gasteiger charge is 2.07. The van der Waals surface area contributed by atoms with E-state index in [9.17, 15) is 0 Å². The van der Waals surface area contributed by atoms with E-state index in [1.165, 1.54) is 0 Å². The van der Waals surface area contributed by atoms with Crippen molar-refractivity contribution in [1.82, 2.24) is 5.43 Å². The number of hydrogen-bond acceptors (Lipinski definition) is 3. The quantitative estimate of drug-likeness (QED) is 0.290. The predicted molar refractivity (Wildman–Crippen MR) is 125 cm³/mol. The van der Waals surface area contributed by atoms with Crippen molar-refractivity contribution in [1.29, 1.82) is 0 Å². The number of benzene rings is 3. The molecule has 0 radical (unpaired) electrons. The van der Waals surface area contributed by atoms with Gasteiger partial charge in [-0.2, -0.15) is 0 Å². The largest absolute Gasteiger partial charge is 0.436 e. The molecule has 0 fully saturated rings.